The van der Waals surface area contributed by atoms with Crippen molar-refractivity contribution in [1.82, 2.24) is 0 Å². The number of rotatable bonds is 1. The summed E-state index contributed by atoms with van der Waals surface area (Å²) < 4.78 is 75.5. The molecule has 0 aromatic heterocycles. The van der Waals surface area contributed by atoms with Crippen molar-refractivity contribution in [3.05, 3.63) is 34.9 Å². The van der Waals surface area contributed by atoms with Crippen molar-refractivity contribution >= 4 is 5.71 Å². The zero-order valence-electron chi connectivity index (χ0n) is 9.27. The summed E-state index contributed by atoms with van der Waals surface area (Å²) >= 11 is 0. The van der Waals surface area contributed by atoms with Gasteiger partial charge in [0.1, 0.15) is 6.61 Å². The molecule has 0 spiro atoms. The van der Waals surface area contributed by atoms with E-state index < -0.39 is 23.5 Å². The first-order valence-corrected chi connectivity index (χ1v) is 5.16. The number of halogens is 6. The monoisotopic (exact) mass is 283 g/mol. The molecule has 8 heteroatoms. The van der Waals surface area contributed by atoms with Crippen LogP contribution in [-0.4, -0.2) is 12.3 Å². The molecule has 104 valence electrons. The van der Waals surface area contributed by atoms with Crippen LogP contribution in [0.25, 0.3) is 0 Å². The molecule has 1 aromatic rings. The number of benzene rings is 1. The van der Waals surface area contributed by atoms with Gasteiger partial charge in [-0.3, -0.25) is 0 Å². The summed E-state index contributed by atoms with van der Waals surface area (Å²) in [5.74, 6) is 0. The van der Waals surface area contributed by atoms with E-state index >= 15 is 0 Å². The third-order valence-corrected chi connectivity index (χ3v) is 2.53. The van der Waals surface area contributed by atoms with E-state index in [0.29, 0.717) is 12.1 Å². The second-order valence-corrected chi connectivity index (χ2v) is 3.92. The fourth-order valence-electron chi connectivity index (χ4n) is 1.63. The Morgan fingerprint density at radius 3 is 1.79 bits per heavy atom. The fraction of sp³-hybridized carbons (Fsp3) is 0.364. The largest absolute Gasteiger partial charge is 0.416 e. The van der Waals surface area contributed by atoms with Gasteiger partial charge in [-0.05, 0) is 18.2 Å². The zero-order chi connectivity index (χ0) is 14.3. The number of hydrogen-bond acceptors (Lipinski definition) is 2. The van der Waals surface area contributed by atoms with Crippen LogP contribution in [-0.2, 0) is 17.2 Å². The van der Waals surface area contributed by atoms with E-state index in [1.165, 1.54) is 0 Å². The average Bonchev–Trinajstić information content (AvgIpc) is 2.79. The normalized spacial score (nSPS) is 16.2. The van der Waals surface area contributed by atoms with Crippen LogP contribution in [0.5, 0.6) is 0 Å². The van der Waals surface area contributed by atoms with Crippen LogP contribution in [0.1, 0.15) is 23.1 Å². The smallest absolute Gasteiger partial charge is 0.395 e. The first-order chi connectivity index (χ1) is 8.68. The van der Waals surface area contributed by atoms with Crippen LogP contribution < -0.4 is 0 Å². The van der Waals surface area contributed by atoms with Gasteiger partial charge in [0, 0.05) is 12.0 Å². The molecule has 0 radical (unpaired) electrons. The molecule has 0 fully saturated rings. The first-order valence-electron chi connectivity index (χ1n) is 5.16. The highest BCUT2D eigenvalue weighted by Gasteiger charge is 2.37. The summed E-state index contributed by atoms with van der Waals surface area (Å²) in [6.07, 6.45) is -9.52. The van der Waals surface area contributed by atoms with Crippen LogP contribution in [0.3, 0.4) is 0 Å². The van der Waals surface area contributed by atoms with Crippen molar-refractivity contribution in [2.24, 2.45) is 5.16 Å². The molecule has 1 aromatic carbocycles. The molecule has 2 rings (SSSR count). The second kappa shape index (κ2) is 4.43. The van der Waals surface area contributed by atoms with E-state index in [4.69, 9.17) is 0 Å². The van der Waals surface area contributed by atoms with Gasteiger partial charge >= 0.3 is 12.4 Å². The summed E-state index contributed by atoms with van der Waals surface area (Å²) in [7, 11) is 0. The molecule has 0 bridgehead atoms. The molecule has 1 aliphatic rings. The molecule has 0 N–H and O–H groups in total. The zero-order valence-corrected chi connectivity index (χ0v) is 9.27. The lowest BCUT2D eigenvalue weighted by Gasteiger charge is -2.13. The molecular weight excluding hydrogens is 276 g/mol. The van der Waals surface area contributed by atoms with Crippen molar-refractivity contribution in [2.75, 3.05) is 6.61 Å². The Hall–Kier alpha value is -1.73. The summed E-state index contributed by atoms with van der Waals surface area (Å²) in [5.41, 5.74) is -2.85. The maximum atomic E-state index is 12.6. The van der Waals surface area contributed by atoms with Crippen molar-refractivity contribution in [1.29, 1.82) is 0 Å². The van der Waals surface area contributed by atoms with Gasteiger partial charge in [-0.1, -0.05) is 5.16 Å². The van der Waals surface area contributed by atoms with Gasteiger partial charge in [-0.25, -0.2) is 0 Å². The minimum atomic E-state index is -4.85. The quantitative estimate of drug-likeness (QED) is 0.717. The highest BCUT2D eigenvalue weighted by atomic mass is 19.4. The van der Waals surface area contributed by atoms with Crippen LogP contribution in [0.15, 0.2) is 23.4 Å². The van der Waals surface area contributed by atoms with Gasteiger partial charge < -0.3 is 4.84 Å². The van der Waals surface area contributed by atoms with E-state index in [9.17, 15) is 26.3 Å². The molecule has 0 unspecified atom stereocenters. The van der Waals surface area contributed by atoms with Crippen molar-refractivity contribution in [2.45, 2.75) is 18.8 Å². The van der Waals surface area contributed by atoms with E-state index in [1.807, 2.05) is 0 Å². The molecule has 1 heterocycles. The molecule has 19 heavy (non-hydrogen) atoms. The Morgan fingerprint density at radius 1 is 0.895 bits per heavy atom. The van der Waals surface area contributed by atoms with Crippen LogP contribution >= 0.6 is 0 Å². The maximum Gasteiger partial charge on any atom is 0.416 e. The van der Waals surface area contributed by atoms with Gasteiger partial charge in [0.15, 0.2) is 0 Å². The summed E-state index contributed by atoms with van der Waals surface area (Å²) in [6.45, 7) is 0.146. The van der Waals surface area contributed by atoms with Crippen molar-refractivity contribution in [3.63, 3.8) is 0 Å². The lowest BCUT2D eigenvalue weighted by Crippen LogP contribution is -2.13. The van der Waals surface area contributed by atoms with E-state index in [1.54, 1.807) is 0 Å². The predicted octanol–water partition coefficient (Wildman–Crippen LogP) is 3.85. The molecule has 0 amide bonds. The van der Waals surface area contributed by atoms with E-state index in [2.05, 4.69) is 9.99 Å². The average molecular weight is 283 g/mol. The minimum absolute atomic E-state index is 0.0802. The molecule has 0 aliphatic carbocycles. The first kappa shape index (κ1) is 13.7. The van der Waals surface area contributed by atoms with Crippen LogP contribution in [0.4, 0.5) is 26.3 Å². The summed E-state index contributed by atoms with van der Waals surface area (Å²) in [6, 6.07) is 1.37. The Morgan fingerprint density at radius 2 is 1.42 bits per heavy atom. The van der Waals surface area contributed by atoms with Crippen molar-refractivity contribution in [3.8, 4) is 0 Å². The van der Waals surface area contributed by atoms with E-state index in [0.717, 1.165) is 0 Å². The molecule has 2 nitrogen and oxygen atoms in total. The van der Waals surface area contributed by atoms with E-state index in [-0.39, 0.29) is 30.4 Å². The molecule has 0 atom stereocenters. The van der Waals surface area contributed by atoms with Gasteiger partial charge in [-0.15, -0.1) is 0 Å². The topological polar surface area (TPSA) is 21.6 Å². The SMILES string of the molecule is FC(F)(F)c1cc(C2=NOCC2)cc(C(F)(F)F)c1. The summed E-state index contributed by atoms with van der Waals surface area (Å²) in [5, 5.41) is 3.43. The number of alkyl halides is 6. The van der Waals surface area contributed by atoms with Gasteiger partial charge in [0.2, 0.25) is 0 Å². The second-order valence-electron chi connectivity index (χ2n) is 3.92. The Bertz CT molecular complexity index is 485. The standard InChI is InChI=1S/C11H7F6NO/c12-10(13,14)7-3-6(9-1-2-19-18-9)4-8(5-7)11(15,16)17/h3-5H,1-2H2. The van der Waals surface area contributed by atoms with Crippen molar-refractivity contribution < 1.29 is 31.2 Å². The number of oxime groups is 1. The molecular formula is C11H7F6NO. The van der Waals surface area contributed by atoms with Gasteiger partial charge in [0.05, 0.1) is 16.8 Å². The summed E-state index contributed by atoms with van der Waals surface area (Å²) in [4.78, 5) is 4.59. The van der Waals surface area contributed by atoms with Gasteiger partial charge in [-0.2, -0.15) is 26.3 Å². The maximum absolute atomic E-state index is 12.6. The minimum Gasteiger partial charge on any atom is -0.395 e. The predicted molar refractivity (Wildman–Crippen MR) is 53.6 cm³/mol. The molecule has 1 aliphatic heterocycles. The lowest BCUT2D eigenvalue weighted by molar-refractivity contribution is -0.143. The Labute approximate surface area is 103 Å². The molecule has 0 saturated heterocycles. The Balaban J connectivity index is 2.55. The Kier molecular flexibility index (Phi) is 3.19. The van der Waals surface area contributed by atoms with Crippen LogP contribution in [0, 0.1) is 0 Å². The van der Waals surface area contributed by atoms with Gasteiger partial charge in [0.25, 0.3) is 0 Å². The molecule has 0 saturated carbocycles. The number of hydrogen-bond donors (Lipinski definition) is 0. The fourth-order valence-corrected chi connectivity index (χ4v) is 1.63. The highest BCUT2D eigenvalue weighted by Crippen LogP contribution is 2.36. The highest BCUT2D eigenvalue weighted by molar-refractivity contribution is 6.01. The third-order valence-electron chi connectivity index (χ3n) is 2.53. The third kappa shape index (κ3) is 2.99. The lowest BCUT2D eigenvalue weighted by atomic mass is 10.0. The van der Waals surface area contributed by atoms with Crippen LogP contribution in [0.2, 0.25) is 0 Å². The number of nitrogens with zero attached hydrogens (tertiary/aromatic N) is 1.